The fraction of sp³-hybridized carbons (Fsp3) is 0.625. The molecule has 2 rings (SSSR count). The lowest BCUT2D eigenvalue weighted by Crippen LogP contribution is -2.47. The van der Waals surface area contributed by atoms with E-state index in [-0.39, 0.29) is 29.3 Å². The first-order chi connectivity index (χ1) is 11.2. The van der Waals surface area contributed by atoms with Gasteiger partial charge in [0.1, 0.15) is 29.1 Å². The number of ether oxygens (including phenoxy) is 1. The molecule has 0 radical (unpaired) electrons. The van der Waals surface area contributed by atoms with Gasteiger partial charge in [-0.1, -0.05) is 0 Å². The summed E-state index contributed by atoms with van der Waals surface area (Å²) in [4.78, 5) is 33.6. The van der Waals surface area contributed by atoms with E-state index in [4.69, 9.17) is 10.5 Å². The normalized spacial score (nSPS) is 18.2. The van der Waals surface area contributed by atoms with Crippen molar-refractivity contribution in [2.45, 2.75) is 52.2 Å². The van der Waals surface area contributed by atoms with Crippen LogP contribution in [0, 0.1) is 0 Å². The minimum Gasteiger partial charge on any atom is -0.444 e. The Balaban J connectivity index is 2.08. The Morgan fingerprint density at radius 1 is 1.38 bits per heavy atom. The Bertz CT molecular complexity index is 627. The minimum atomic E-state index is -0.527. The van der Waals surface area contributed by atoms with Crippen LogP contribution in [0.1, 0.15) is 50.9 Å². The van der Waals surface area contributed by atoms with Crippen molar-refractivity contribution in [1.29, 1.82) is 0 Å². The van der Waals surface area contributed by atoms with E-state index in [0.717, 1.165) is 12.8 Å². The first kappa shape index (κ1) is 18.0. The van der Waals surface area contributed by atoms with Crippen molar-refractivity contribution < 1.29 is 14.3 Å². The number of Topliss-reactive ketones (excluding diaryl/α,β-unsaturated/α-hetero) is 1. The molecule has 1 aromatic rings. The Morgan fingerprint density at radius 2 is 2.08 bits per heavy atom. The molecule has 1 atom stereocenters. The Labute approximate surface area is 141 Å². The summed E-state index contributed by atoms with van der Waals surface area (Å²) in [6.45, 7) is 8.08. The average molecular weight is 335 g/mol. The van der Waals surface area contributed by atoms with Gasteiger partial charge in [-0.25, -0.2) is 14.8 Å². The number of ketones is 1. The SMILES string of the molecule is CC(=O)c1c(N)ncnc1N[C@@H]1CCCN(C(=O)OC(C)(C)C)C1. The maximum absolute atomic E-state index is 12.2. The number of nitrogens with two attached hydrogens (primary N) is 1. The molecule has 8 heteroatoms. The third-order valence-electron chi connectivity index (χ3n) is 3.64. The highest BCUT2D eigenvalue weighted by molar-refractivity contribution is 6.02. The van der Waals surface area contributed by atoms with Gasteiger partial charge in [-0.3, -0.25) is 4.79 Å². The lowest BCUT2D eigenvalue weighted by molar-refractivity contribution is 0.0206. The molecule has 0 aliphatic carbocycles. The predicted molar refractivity (Wildman–Crippen MR) is 90.9 cm³/mol. The summed E-state index contributed by atoms with van der Waals surface area (Å²) < 4.78 is 5.42. The van der Waals surface area contributed by atoms with Crippen LogP contribution in [0.15, 0.2) is 6.33 Å². The molecule has 1 saturated heterocycles. The van der Waals surface area contributed by atoms with E-state index in [1.54, 1.807) is 4.90 Å². The number of amides is 1. The van der Waals surface area contributed by atoms with Crippen molar-refractivity contribution in [3.63, 3.8) is 0 Å². The molecule has 1 amide bonds. The number of aromatic nitrogens is 2. The van der Waals surface area contributed by atoms with Gasteiger partial charge in [0.2, 0.25) is 0 Å². The van der Waals surface area contributed by atoms with Crippen LogP contribution in [0.5, 0.6) is 0 Å². The molecule has 1 aromatic heterocycles. The quantitative estimate of drug-likeness (QED) is 0.813. The number of anilines is 2. The van der Waals surface area contributed by atoms with Gasteiger partial charge in [0, 0.05) is 19.1 Å². The van der Waals surface area contributed by atoms with E-state index in [1.807, 2.05) is 20.8 Å². The van der Waals surface area contributed by atoms with Gasteiger partial charge in [-0.2, -0.15) is 0 Å². The van der Waals surface area contributed by atoms with Gasteiger partial charge < -0.3 is 20.7 Å². The molecule has 0 aromatic carbocycles. The van der Waals surface area contributed by atoms with E-state index in [9.17, 15) is 9.59 Å². The monoisotopic (exact) mass is 335 g/mol. The molecule has 0 bridgehead atoms. The first-order valence-corrected chi connectivity index (χ1v) is 8.03. The number of likely N-dealkylation sites (tertiary alicyclic amines) is 1. The predicted octanol–water partition coefficient (Wildman–Crippen LogP) is 2.07. The standard InChI is InChI=1S/C16H25N5O3/c1-10(22)12-13(17)18-9-19-14(12)20-11-6-5-7-21(8-11)15(23)24-16(2,3)4/h9,11H,5-8H2,1-4H3,(H3,17,18,19,20)/t11-/m1/s1. The largest absolute Gasteiger partial charge is 0.444 e. The van der Waals surface area contributed by atoms with Crippen LogP contribution >= 0.6 is 0 Å². The van der Waals surface area contributed by atoms with E-state index in [2.05, 4.69) is 15.3 Å². The number of rotatable bonds is 3. The zero-order valence-corrected chi connectivity index (χ0v) is 14.6. The molecule has 1 aliphatic heterocycles. The zero-order valence-electron chi connectivity index (χ0n) is 14.6. The number of hydrogen-bond acceptors (Lipinski definition) is 7. The van der Waals surface area contributed by atoms with Gasteiger partial charge in [0.05, 0.1) is 0 Å². The number of nitrogens with one attached hydrogen (secondary N) is 1. The summed E-state index contributed by atoms with van der Waals surface area (Å²) in [5.74, 6) is 0.362. The Kier molecular flexibility index (Phi) is 5.26. The molecule has 132 valence electrons. The number of nitrogens with zero attached hydrogens (tertiary/aromatic N) is 3. The molecular formula is C16H25N5O3. The number of carbonyl (C=O) groups excluding carboxylic acids is 2. The second-order valence-electron chi connectivity index (χ2n) is 6.95. The highest BCUT2D eigenvalue weighted by Gasteiger charge is 2.28. The van der Waals surface area contributed by atoms with Crippen molar-refractivity contribution >= 4 is 23.5 Å². The second kappa shape index (κ2) is 7.02. The summed E-state index contributed by atoms with van der Waals surface area (Å²) in [7, 11) is 0. The van der Waals surface area contributed by atoms with Gasteiger partial charge >= 0.3 is 6.09 Å². The van der Waals surface area contributed by atoms with Crippen molar-refractivity contribution in [3.8, 4) is 0 Å². The Morgan fingerprint density at radius 3 is 2.71 bits per heavy atom. The van der Waals surface area contributed by atoms with Crippen molar-refractivity contribution in [1.82, 2.24) is 14.9 Å². The maximum Gasteiger partial charge on any atom is 0.410 e. The highest BCUT2D eigenvalue weighted by atomic mass is 16.6. The molecule has 24 heavy (non-hydrogen) atoms. The van der Waals surface area contributed by atoms with Crippen LogP contribution in [-0.4, -0.2) is 51.5 Å². The highest BCUT2D eigenvalue weighted by Crippen LogP contribution is 2.22. The molecule has 1 aliphatic rings. The molecule has 0 unspecified atom stereocenters. The molecule has 0 saturated carbocycles. The molecule has 8 nitrogen and oxygen atoms in total. The van der Waals surface area contributed by atoms with Crippen LogP contribution in [-0.2, 0) is 4.74 Å². The fourth-order valence-corrected chi connectivity index (χ4v) is 2.64. The number of carbonyl (C=O) groups is 2. The number of hydrogen-bond donors (Lipinski definition) is 2. The number of piperidine rings is 1. The van der Waals surface area contributed by atoms with Crippen LogP contribution in [0.25, 0.3) is 0 Å². The minimum absolute atomic E-state index is 0.0290. The average Bonchev–Trinajstić information content (AvgIpc) is 2.45. The molecule has 2 heterocycles. The summed E-state index contributed by atoms with van der Waals surface area (Å²) >= 11 is 0. The van der Waals surface area contributed by atoms with E-state index in [0.29, 0.717) is 18.9 Å². The van der Waals surface area contributed by atoms with Gasteiger partial charge in [-0.05, 0) is 40.5 Å². The van der Waals surface area contributed by atoms with Crippen molar-refractivity contribution in [3.05, 3.63) is 11.9 Å². The lowest BCUT2D eigenvalue weighted by atomic mass is 10.1. The molecule has 0 spiro atoms. The summed E-state index contributed by atoms with van der Waals surface area (Å²) in [5, 5.41) is 3.22. The summed E-state index contributed by atoms with van der Waals surface area (Å²) in [6.07, 6.45) is 2.69. The van der Waals surface area contributed by atoms with Gasteiger partial charge in [0.15, 0.2) is 5.78 Å². The van der Waals surface area contributed by atoms with Crippen LogP contribution in [0.3, 0.4) is 0 Å². The van der Waals surface area contributed by atoms with Crippen molar-refractivity contribution in [2.75, 3.05) is 24.1 Å². The maximum atomic E-state index is 12.2. The first-order valence-electron chi connectivity index (χ1n) is 8.03. The fourth-order valence-electron chi connectivity index (χ4n) is 2.64. The van der Waals surface area contributed by atoms with E-state index >= 15 is 0 Å². The van der Waals surface area contributed by atoms with Gasteiger partial charge in [-0.15, -0.1) is 0 Å². The Hall–Kier alpha value is -2.38. The molecule has 1 fully saturated rings. The zero-order chi connectivity index (χ0) is 17.9. The van der Waals surface area contributed by atoms with E-state index in [1.165, 1.54) is 13.3 Å². The third kappa shape index (κ3) is 4.56. The topological polar surface area (TPSA) is 110 Å². The van der Waals surface area contributed by atoms with Crippen LogP contribution < -0.4 is 11.1 Å². The molecular weight excluding hydrogens is 310 g/mol. The molecule has 3 N–H and O–H groups in total. The number of nitrogen functional groups attached to an aromatic ring is 1. The third-order valence-corrected chi connectivity index (χ3v) is 3.64. The summed E-state index contributed by atoms with van der Waals surface area (Å²) in [6, 6.07) is -0.0290. The smallest absolute Gasteiger partial charge is 0.410 e. The van der Waals surface area contributed by atoms with Crippen LogP contribution in [0.2, 0.25) is 0 Å². The van der Waals surface area contributed by atoms with Gasteiger partial charge in [0.25, 0.3) is 0 Å². The summed E-state index contributed by atoms with van der Waals surface area (Å²) in [5.41, 5.74) is 5.53. The van der Waals surface area contributed by atoms with E-state index < -0.39 is 5.60 Å². The second-order valence-corrected chi connectivity index (χ2v) is 6.95. The van der Waals surface area contributed by atoms with Crippen LogP contribution in [0.4, 0.5) is 16.4 Å². The van der Waals surface area contributed by atoms with Crippen molar-refractivity contribution in [2.24, 2.45) is 0 Å². The lowest BCUT2D eigenvalue weighted by Gasteiger charge is -2.34.